The molecule has 3 heterocycles. The standard InChI is InChI=1S/C29H33N7O5/c1-35(2)27(40)29-9-6-28(7-10-29,8-11-29)17-31-26(39)21-14-20(33-23-5-12-32-36(21)23)25(38)30-15-18-3-4-22-19(13-18)34-24(37)16-41-22/h3-5,12-14H,6-11,15-17H2,1-2H3,(H,30,38)(H,31,39)(H,34,37). The first-order valence-corrected chi connectivity index (χ1v) is 13.9. The zero-order valence-electron chi connectivity index (χ0n) is 23.2. The van der Waals surface area contributed by atoms with Crippen LogP contribution >= 0.6 is 0 Å². The van der Waals surface area contributed by atoms with Crippen LogP contribution in [0.4, 0.5) is 5.69 Å². The lowest BCUT2D eigenvalue weighted by Gasteiger charge is -2.53. The van der Waals surface area contributed by atoms with Gasteiger partial charge in [-0.1, -0.05) is 6.07 Å². The Morgan fingerprint density at radius 3 is 2.51 bits per heavy atom. The fraction of sp³-hybridized carbons (Fsp3) is 0.448. The van der Waals surface area contributed by atoms with E-state index in [1.54, 1.807) is 29.2 Å². The number of carbonyl (C=O) groups is 4. The Balaban J connectivity index is 1.13. The summed E-state index contributed by atoms with van der Waals surface area (Å²) in [5.41, 5.74) is 1.73. The molecule has 4 amide bonds. The molecule has 1 aliphatic heterocycles. The molecule has 2 aromatic heterocycles. The van der Waals surface area contributed by atoms with Gasteiger partial charge in [0.05, 0.1) is 11.9 Å². The molecule has 3 N–H and O–H groups in total. The maximum Gasteiger partial charge on any atom is 0.270 e. The van der Waals surface area contributed by atoms with Crippen LogP contribution in [-0.4, -0.2) is 70.4 Å². The summed E-state index contributed by atoms with van der Waals surface area (Å²) in [7, 11) is 3.63. The molecule has 0 unspecified atom stereocenters. The molecule has 41 heavy (non-hydrogen) atoms. The van der Waals surface area contributed by atoms with Crippen LogP contribution in [0.3, 0.4) is 0 Å². The van der Waals surface area contributed by atoms with Crippen LogP contribution in [0.2, 0.25) is 0 Å². The minimum absolute atomic E-state index is 0.0266. The molecule has 12 heteroatoms. The van der Waals surface area contributed by atoms with Gasteiger partial charge in [0.2, 0.25) is 5.91 Å². The van der Waals surface area contributed by atoms with Gasteiger partial charge in [-0.25, -0.2) is 9.50 Å². The number of amides is 4. The number of hydrogen-bond donors (Lipinski definition) is 3. The number of carbonyl (C=O) groups excluding carboxylic acids is 4. The van der Waals surface area contributed by atoms with Crippen molar-refractivity contribution in [2.24, 2.45) is 10.8 Å². The Kier molecular flexibility index (Phi) is 6.63. The van der Waals surface area contributed by atoms with E-state index in [9.17, 15) is 19.2 Å². The number of ether oxygens (including phenoxy) is 1. The summed E-state index contributed by atoms with van der Waals surface area (Å²) in [6.07, 6.45) is 6.74. The Hall–Kier alpha value is -4.48. The molecule has 0 radical (unpaired) electrons. The number of anilines is 1. The van der Waals surface area contributed by atoms with Gasteiger partial charge >= 0.3 is 0 Å². The third-order valence-electron chi connectivity index (χ3n) is 8.84. The summed E-state index contributed by atoms with van der Waals surface area (Å²) in [5.74, 6) is -0.221. The van der Waals surface area contributed by atoms with Crippen molar-refractivity contribution in [2.45, 2.75) is 45.1 Å². The van der Waals surface area contributed by atoms with Crippen molar-refractivity contribution in [3.8, 4) is 5.75 Å². The number of aromatic nitrogens is 3. The van der Waals surface area contributed by atoms with Crippen molar-refractivity contribution >= 4 is 35.0 Å². The predicted molar refractivity (Wildman–Crippen MR) is 148 cm³/mol. The quantitative estimate of drug-likeness (QED) is 0.402. The van der Waals surface area contributed by atoms with Crippen molar-refractivity contribution in [1.82, 2.24) is 30.1 Å². The molecule has 0 saturated heterocycles. The van der Waals surface area contributed by atoms with Crippen LogP contribution in [0.1, 0.15) is 65.1 Å². The first-order valence-electron chi connectivity index (χ1n) is 13.9. The van der Waals surface area contributed by atoms with Gasteiger partial charge in [-0.15, -0.1) is 0 Å². The van der Waals surface area contributed by atoms with Crippen molar-refractivity contribution in [2.75, 3.05) is 32.6 Å². The van der Waals surface area contributed by atoms with Crippen molar-refractivity contribution in [3.63, 3.8) is 0 Å². The maximum absolute atomic E-state index is 13.4. The number of fused-ring (bicyclic) bond motifs is 5. The highest BCUT2D eigenvalue weighted by Gasteiger charge is 2.52. The molecule has 214 valence electrons. The molecule has 3 fully saturated rings. The highest BCUT2D eigenvalue weighted by atomic mass is 16.5. The number of rotatable bonds is 7. The Labute approximate surface area is 236 Å². The first kappa shape index (κ1) is 26.7. The van der Waals surface area contributed by atoms with E-state index in [0.29, 0.717) is 23.6 Å². The second-order valence-electron chi connectivity index (χ2n) is 11.6. The number of hydrogen-bond acceptors (Lipinski definition) is 7. The summed E-state index contributed by atoms with van der Waals surface area (Å²) in [5, 5.41) is 12.9. The Morgan fingerprint density at radius 2 is 1.78 bits per heavy atom. The molecule has 3 saturated carbocycles. The molecule has 12 nitrogen and oxygen atoms in total. The zero-order valence-corrected chi connectivity index (χ0v) is 23.2. The summed E-state index contributed by atoms with van der Waals surface area (Å²) in [4.78, 5) is 57.0. The van der Waals surface area contributed by atoms with Gasteiger partial charge in [0.25, 0.3) is 17.7 Å². The number of nitrogens with zero attached hydrogens (tertiary/aromatic N) is 4. The maximum atomic E-state index is 13.4. The summed E-state index contributed by atoms with van der Waals surface area (Å²) >= 11 is 0. The van der Waals surface area contributed by atoms with E-state index in [1.165, 1.54) is 16.8 Å². The van der Waals surface area contributed by atoms with Gasteiger partial charge in [0.1, 0.15) is 17.1 Å². The van der Waals surface area contributed by atoms with Crippen LogP contribution in [0.25, 0.3) is 5.65 Å². The van der Waals surface area contributed by atoms with Crippen molar-refractivity contribution in [1.29, 1.82) is 0 Å². The average Bonchev–Trinajstić information content (AvgIpc) is 3.47. The van der Waals surface area contributed by atoms with Gasteiger partial charge in [-0.05, 0) is 61.6 Å². The van der Waals surface area contributed by atoms with Crippen molar-refractivity contribution < 1.29 is 23.9 Å². The van der Waals surface area contributed by atoms with Crippen LogP contribution < -0.4 is 20.7 Å². The van der Waals surface area contributed by atoms with Crippen LogP contribution in [-0.2, 0) is 16.1 Å². The minimum atomic E-state index is -0.444. The smallest absolute Gasteiger partial charge is 0.270 e. The van der Waals surface area contributed by atoms with Crippen LogP contribution in [0.15, 0.2) is 36.5 Å². The van der Waals surface area contributed by atoms with E-state index in [-0.39, 0.29) is 53.1 Å². The second kappa shape index (κ2) is 10.2. The summed E-state index contributed by atoms with van der Waals surface area (Å²) in [6.45, 7) is 0.667. The van der Waals surface area contributed by atoms with E-state index in [2.05, 4.69) is 26.0 Å². The third kappa shape index (κ3) is 4.98. The molecule has 3 aromatic rings. The van der Waals surface area contributed by atoms with Gasteiger partial charge in [-0.3, -0.25) is 19.2 Å². The molecule has 4 aliphatic rings. The highest BCUT2D eigenvalue weighted by molar-refractivity contribution is 5.98. The molecule has 1 aromatic carbocycles. The largest absolute Gasteiger partial charge is 0.482 e. The molecular formula is C29H33N7O5. The van der Waals surface area contributed by atoms with E-state index in [0.717, 1.165) is 44.1 Å². The number of nitrogens with one attached hydrogen (secondary N) is 3. The van der Waals surface area contributed by atoms with Crippen LogP contribution in [0.5, 0.6) is 5.75 Å². The molecular weight excluding hydrogens is 526 g/mol. The molecule has 2 bridgehead atoms. The van der Waals surface area contributed by atoms with E-state index < -0.39 is 5.91 Å². The third-order valence-corrected chi connectivity index (χ3v) is 8.84. The molecule has 7 rings (SSSR count). The Bertz CT molecular complexity index is 1540. The predicted octanol–water partition coefficient (Wildman–Crippen LogP) is 2.15. The van der Waals surface area contributed by atoms with Gasteiger partial charge in [0, 0.05) is 44.7 Å². The zero-order chi connectivity index (χ0) is 28.8. The molecule has 0 spiro atoms. The van der Waals surface area contributed by atoms with E-state index >= 15 is 0 Å². The summed E-state index contributed by atoms with van der Waals surface area (Å²) in [6, 6.07) is 8.39. The fourth-order valence-corrected chi connectivity index (χ4v) is 6.39. The minimum Gasteiger partial charge on any atom is -0.482 e. The molecule has 0 atom stereocenters. The summed E-state index contributed by atoms with van der Waals surface area (Å²) < 4.78 is 6.81. The second-order valence-corrected chi connectivity index (χ2v) is 11.6. The average molecular weight is 560 g/mol. The fourth-order valence-electron chi connectivity index (χ4n) is 6.39. The van der Waals surface area contributed by atoms with Gasteiger partial charge in [0.15, 0.2) is 12.3 Å². The van der Waals surface area contributed by atoms with Gasteiger partial charge in [-0.2, -0.15) is 5.10 Å². The van der Waals surface area contributed by atoms with E-state index in [1.807, 2.05) is 14.1 Å². The lowest BCUT2D eigenvalue weighted by molar-refractivity contribution is -0.149. The SMILES string of the molecule is CN(C)C(=O)C12CCC(CNC(=O)c3cc(C(=O)NCc4ccc5c(c4)NC(=O)CO5)nc4ccnn34)(CC1)CC2. The van der Waals surface area contributed by atoms with Crippen molar-refractivity contribution in [3.05, 3.63) is 53.5 Å². The lowest BCUT2D eigenvalue weighted by Crippen LogP contribution is -2.52. The topological polar surface area (TPSA) is 147 Å². The lowest BCUT2D eigenvalue weighted by atomic mass is 9.53. The van der Waals surface area contributed by atoms with Gasteiger partial charge < -0.3 is 25.6 Å². The normalized spacial score (nSPS) is 22.8. The molecule has 3 aliphatic carbocycles. The van der Waals surface area contributed by atoms with Crippen LogP contribution in [0, 0.1) is 10.8 Å². The highest BCUT2D eigenvalue weighted by Crippen LogP contribution is 2.57. The monoisotopic (exact) mass is 559 g/mol. The number of benzene rings is 1. The first-order chi connectivity index (χ1) is 19.7. The Morgan fingerprint density at radius 1 is 1.02 bits per heavy atom. The van der Waals surface area contributed by atoms with E-state index in [4.69, 9.17) is 4.74 Å².